The van der Waals surface area contributed by atoms with Crippen molar-refractivity contribution in [3.8, 4) is 0 Å². The Bertz CT molecular complexity index is 413. The van der Waals surface area contributed by atoms with E-state index in [1.807, 2.05) is 24.3 Å². The average molecular weight is 361 g/mol. The Hall–Kier alpha value is -0.620. The predicted octanol–water partition coefficient (Wildman–Crippen LogP) is 3.08. The summed E-state index contributed by atoms with van der Waals surface area (Å²) in [5.41, 5.74) is 0.716. The second-order valence-electron chi connectivity index (χ2n) is 5.28. The van der Waals surface area contributed by atoms with Crippen LogP contribution in [0.1, 0.15) is 31.1 Å². The molecule has 0 radical (unpaired) electrons. The topological polar surface area (TPSA) is 38.3 Å². The molecule has 0 aromatic heterocycles. The quantitative estimate of drug-likeness (QED) is 0.838. The molecular weight excluding hydrogens is 341 g/mol. The number of rotatable bonds is 4. The van der Waals surface area contributed by atoms with Gasteiger partial charge in [0.1, 0.15) is 0 Å². The Kier molecular flexibility index (Phi) is 5.59. The maximum Gasteiger partial charge on any atom is 0.252 e. The van der Waals surface area contributed by atoms with Crippen LogP contribution in [-0.2, 0) is 4.74 Å². The number of amides is 1. The summed E-state index contributed by atoms with van der Waals surface area (Å²) in [7, 11) is 1.67. The van der Waals surface area contributed by atoms with E-state index in [2.05, 4.69) is 48.7 Å². The average Bonchev–Trinajstić information content (AvgIpc) is 2.28. The highest BCUT2D eigenvalue weighted by atomic mass is 127. The van der Waals surface area contributed by atoms with Crippen molar-refractivity contribution in [2.75, 3.05) is 13.7 Å². The molecule has 0 unspecified atom stereocenters. The summed E-state index contributed by atoms with van der Waals surface area (Å²) < 4.78 is 6.37. The SMILES string of the molecule is CO[C@@H](CNC(=O)c1ccccc1I)C(C)(C)C. The summed E-state index contributed by atoms with van der Waals surface area (Å²) in [5.74, 6) is -0.0497. The van der Waals surface area contributed by atoms with E-state index in [4.69, 9.17) is 4.74 Å². The van der Waals surface area contributed by atoms with Crippen molar-refractivity contribution >= 4 is 28.5 Å². The zero-order chi connectivity index (χ0) is 13.8. The molecule has 1 aromatic rings. The molecule has 0 heterocycles. The number of hydrogen-bond donors (Lipinski definition) is 1. The molecule has 18 heavy (non-hydrogen) atoms. The zero-order valence-corrected chi connectivity index (χ0v) is 13.4. The normalized spacial score (nSPS) is 13.2. The van der Waals surface area contributed by atoms with Crippen LogP contribution in [-0.4, -0.2) is 25.7 Å². The van der Waals surface area contributed by atoms with Crippen LogP contribution < -0.4 is 5.32 Å². The van der Waals surface area contributed by atoms with E-state index in [9.17, 15) is 4.79 Å². The van der Waals surface area contributed by atoms with E-state index in [1.165, 1.54) is 0 Å². The third-order valence-electron chi connectivity index (χ3n) is 2.82. The molecule has 1 aromatic carbocycles. The first kappa shape index (κ1) is 15.4. The van der Waals surface area contributed by atoms with Crippen molar-refractivity contribution in [1.29, 1.82) is 0 Å². The minimum atomic E-state index is -0.0497. The van der Waals surface area contributed by atoms with Crippen molar-refractivity contribution in [1.82, 2.24) is 5.32 Å². The summed E-state index contributed by atoms with van der Waals surface area (Å²) in [5, 5.41) is 2.93. The van der Waals surface area contributed by atoms with Gasteiger partial charge in [0, 0.05) is 17.2 Å². The van der Waals surface area contributed by atoms with Crippen molar-refractivity contribution in [3.05, 3.63) is 33.4 Å². The van der Waals surface area contributed by atoms with Crippen LogP contribution in [0.4, 0.5) is 0 Å². The summed E-state index contributed by atoms with van der Waals surface area (Å²) >= 11 is 2.17. The van der Waals surface area contributed by atoms with Gasteiger partial charge >= 0.3 is 0 Å². The second kappa shape index (κ2) is 6.52. The number of hydrogen-bond acceptors (Lipinski definition) is 2. The van der Waals surface area contributed by atoms with Gasteiger partial charge in [-0.2, -0.15) is 0 Å². The highest BCUT2D eigenvalue weighted by molar-refractivity contribution is 14.1. The van der Waals surface area contributed by atoms with E-state index < -0.39 is 0 Å². The van der Waals surface area contributed by atoms with E-state index in [-0.39, 0.29) is 17.4 Å². The molecule has 3 nitrogen and oxygen atoms in total. The van der Waals surface area contributed by atoms with Crippen molar-refractivity contribution in [2.45, 2.75) is 26.9 Å². The molecule has 1 amide bonds. The molecule has 0 aliphatic carbocycles. The molecule has 0 bridgehead atoms. The van der Waals surface area contributed by atoms with Gasteiger partial charge in [-0.15, -0.1) is 0 Å². The van der Waals surface area contributed by atoms with Crippen LogP contribution in [0.2, 0.25) is 0 Å². The summed E-state index contributed by atoms with van der Waals surface area (Å²) in [6.07, 6.45) is 0.00261. The lowest BCUT2D eigenvalue weighted by atomic mass is 9.89. The number of nitrogens with one attached hydrogen (secondary N) is 1. The van der Waals surface area contributed by atoms with Crippen molar-refractivity contribution < 1.29 is 9.53 Å². The molecule has 0 saturated carbocycles. The van der Waals surface area contributed by atoms with Gasteiger partial charge < -0.3 is 10.1 Å². The van der Waals surface area contributed by atoms with Gasteiger partial charge in [-0.1, -0.05) is 32.9 Å². The number of benzene rings is 1. The first-order valence-corrected chi connectivity index (χ1v) is 6.99. The molecule has 100 valence electrons. The first-order chi connectivity index (χ1) is 8.36. The summed E-state index contributed by atoms with van der Waals surface area (Å²) in [6, 6.07) is 7.54. The highest BCUT2D eigenvalue weighted by Crippen LogP contribution is 2.21. The van der Waals surface area contributed by atoms with Crippen LogP contribution in [0.3, 0.4) is 0 Å². The maximum atomic E-state index is 12.0. The summed E-state index contributed by atoms with van der Waals surface area (Å²) in [4.78, 5) is 12.0. The van der Waals surface area contributed by atoms with Crippen LogP contribution in [0, 0.1) is 8.99 Å². The Morgan fingerprint density at radius 2 is 2.00 bits per heavy atom. The lowest BCUT2D eigenvalue weighted by molar-refractivity contribution is 0.0176. The minimum Gasteiger partial charge on any atom is -0.379 e. The van der Waals surface area contributed by atoms with Gasteiger partial charge in [0.05, 0.1) is 11.7 Å². The molecule has 0 saturated heterocycles. The van der Waals surface area contributed by atoms with Crippen LogP contribution in [0.15, 0.2) is 24.3 Å². The van der Waals surface area contributed by atoms with Gasteiger partial charge in [-0.05, 0) is 40.1 Å². The molecule has 1 N–H and O–H groups in total. The fourth-order valence-electron chi connectivity index (χ4n) is 1.67. The molecule has 1 atom stereocenters. The Morgan fingerprint density at radius 1 is 1.39 bits per heavy atom. The largest absolute Gasteiger partial charge is 0.379 e. The smallest absolute Gasteiger partial charge is 0.252 e. The van der Waals surface area contributed by atoms with E-state index >= 15 is 0 Å². The predicted molar refractivity (Wildman–Crippen MR) is 81.7 cm³/mol. The third kappa shape index (κ3) is 4.24. The molecule has 0 fully saturated rings. The molecule has 0 aliphatic rings. The van der Waals surface area contributed by atoms with Crippen LogP contribution in [0.5, 0.6) is 0 Å². The van der Waals surface area contributed by atoms with E-state index in [0.717, 1.165) is 3.57 Å². The fraction of sp³-hybridized carbons (Fsp3) is 0.500. The fourth-order valence-corrected chi connectivity index (χ4v) is 2.30. The van der Waals surface area contributed by atoms with Crippen LogP contribution in [0.25, 0.3) is 0 Å². The lowest BCUT2D eigenvalue weighted by Crippen LogP contribution is -2.40. The van der Waals surface area contributed by atoms with E-state index in [1.54, 1.807) is 7.11 Å². The number of carbonyl (C=O) groups is 1. The zero-order valence-electron chi connectivity index (χ0n) is 11.3. The van der Waals surface area contributed by atoms with Crippen LogP contribution >= 0.6 is 22.6 Å². The molecule has 1 rings (SSSR count). The standard InChI is InChI=1S/C14H20INO2/c1-14(2,3)12(18-4)9-16-13(17)10-7-5-6-8-11(10)15/h5-8,12H,9H2,1-4H3,(H,16,17)/t12-/m0/s1. The van der Waals surface area contributed by atoms with Gasteiger partial charge in [0.2, 0.25) is 0 Å². The van der Waals surface area contributed by atoms with Gasteiger partial charge in [0.15, 0.2) is 0 Å². The van der Waals surface area contributed by atoms with Crippen molar-refractivity contribution in [2.24, 2.45) is 5.41 Å². The molecule has 0 spiro atoms. The first-order valence-electron chi connectivity index (χ1n) is 5.91. The van der Waals surface area contributed by atoms with Gasteiger partial charge in [-0.3, -0.25) is 4.79 Å². The molecule has 0 aliphatic heterocycles. The number of carbonyl (C=O) groups excluding carboxylic acids is 1. The molecular formula is C14H20INO2. The summed E-state index contributed by atoms with van der Waals surface area (Å²) in [6.45, 7) is 6.81. The second-order valence-corrected chi connectivity index (χ2v) is 6.44. The van der Waals surface area contributed by atoms with E-state index in [0.29, 0.717) is 12.1 Å². The van der Waals surface area contributed by atoms with Crippen molar-refractivity contribution in [3.63, 3.8) is 0 Å². The monoisotopic (exact) mass is 361 g/mol. The maximum absolute atomic E-state index is 12.0. The Balaban J connectivity index is 2.64. The third-order valence-corrected chi connectivity index (χ3v) is 3.76. The number of halogens is 1. The minimum absolute atomic E-state index is 0.00261. The number of methoxy groups -OCH3 is 1. The molecule has 4 heteroatoms. The Labute approximate surface area is 122 Å². The van der Waals surface area contributed by atoms with Gasteiger partial charge in [-0.25, -0.2) is 0 Å². The highest BCUT2D eigenvalue weighted by Gasteiger charge is 2.25. The Morgan fingerprint density at radius 3 is 2.50 bits per heavy atom. The lowest BCUT2D eigenvalue weighted by Gasteiger charge is -2.29. The number of ether oxygens (including phenoxy) is 1. The van der Waals surface area contributed by atoms with Gasteiger partial charge in [0.25, 0.3) is 5.91 Å².